The normalized spacial score (nSPS) is 39.2. The van der Waals surface area contributed by atoms with Crippen LogP contribution in [0.1, 0.15) is 38.5 Å². The Balaban J connectivity index is 1.82. The van der Waals surface area contributed by atoms with Crippen molar-refractivity contribution in [3.05, 3.63) is 0 Å². The first kappa shape index (κ1) is 10.1. The van der Waals surface area contributed by atoms with Crippen molar-refractivity contribution in [3.8, 4) is 6.07 Å². The number of nitriles is 1. The molecule has 2 atom stereocenters. The molecule has 1 saturated carbocycles. The molecule has 0 aromatic rings. The first-order chi connectivity index (χ1) is 7.66. The number of nitrogens with zero attached hydrogens (tertiary/aromatic N) is 2. The van der Waals surface area contributed by atoms with E-state index < -0.39 is 5.41 Å². The number of hydrogen-bond acceptors (Lipinski definition) is 3. The quantitative estimate of drug-likeness (QED) is 0.711. The summed E-state index contributed by atoms with van der Waals surface area (Å²) in [7, 11) is 0. The Kier molecular flexibility index (Phi) is 2.02. The van der Waals surface area contributed by atoms with Crippen molar-refractivity contribution in [2.24, 2.45) is 5.41 Å². The summed E-state index contributed by atoms with van der Waals surface area (Å²) < 4.78 is 0. The lowest BCUT2D eigenvalue weighted by Crippen LogP contribution is -2.50. The predicted octanol–water partition coefficient (Wildman–Crippen LogP) is 0.804. The fourth-order valence-corrected chi connectivity index (χ4v) is 3.23. The van der Waals surface area contributed by atoms with Crippen molar-refractivity contribution >= 4 is 5.91 Å². The summed E-state index contributed by atoms with van der Waals surface area (Å²) in [5.41, 5.74) is -0.691. The number of fused-ring (bicyclic) bond motifs is 2. The van der Waals surface area contributed by atoms with Gasteiger partial charge in [-0.1, -0.05) is 0 Å². The van der Waals surface area contributed by atoms with E-state index in [2.05, 4.69) is 6.07 Å². The molecular formula is C12H16N2O2. The zero-order chi connectivity index (χ0) is 11.3. The number of carbonyl (C=O) groups excluding carboxylic acids is 1. The highest BCUT2D eigenvalue weighted by Gasteiger charge is 2.56. The van der Waals surface area contributed by atoms with E-state index in [9.17, 15) is 9.90 Å². The first-order valence-corrected chi connectivity index (χ1v) is 6.08. The van der Waals surface area contributed by atoms with Crippen LogP contribution in [0, 0.1) is 16.7 Å². The highest BCUT2D eigenvalue weighted by Crippen LogP contribution is 2.49. The molecular weight excluding hydrogens is 204 g/mol. The maximum atomic E-state index is 12.3. The van der Waals surface area contributed by atoms with Crippen LogP contribution in [-0.4, -0.2) is 34.1 Å². The molecule has 1 amide bonds. The van der Waals surface area contributed by atoms with Crippen LogP contribution in [-0.2, 0) is 4.79 Å². The molecule has 2 heterocycles. The lowest BCUT2D eigenvalue weighted by molar-refractivity contribution is -0.141. The lowest BCUT2D eigenvalue weighted by Gasteiger charge is -2.38. The molecule has 3 rings (SSSR count). The number of carbonyl (C=O) groups is 1. The topological polar surface area (TPSA) is 64.3 Å². The predicted molar refractivity (Wildman–Crippen MR) is 56.2 cm³/mol. The van der Waals surface area contributed by atoms with Gasteiger partial charge in [0.2, 0.25) is 5.91 Å². The number of piperidine rings is 1. The zero-order valence-electron chi connectivity index (χ0n) is 9.22. The number of rotatable bonds is 1. The third kappa shape index (κ3) is 1.28. The summed E-state index contributed by atoms with van der Waals surface area (Å²) in [6.07, 6.45) is 4.58. The highest BCUT2D eigenvalue weighted by molar-refractivity contribution is 5.89. The fourth-order valence-electron chi connectivity index (χ4n) is 3.23. The average molecular weight is 220 g/mol. The minimum absolute atomic E-state index is 0.0365. The molecule has 86 valence electrons. The first-order valence-electron chi connectivity index (χ1n) is 6.08. The van der Waals surface area contributed by atoms with Gasteiger partial charge in [0.05, 0.1) is 12.2 Å². The van der Waals surface area contributed by atoms with Gasteiger partial charge in [0.25, 0.3) is 0 Å². The summed E-state index contributed by atoms with van der Waals surface area (Å²) in [5.74, 6) is 0.0365. The molecule has 0 radical (unpaired) electrons. The Hall–Kier alpha value is -1.08. The standard InChI is InChI=1S/C12H16N2O2/c13-7-12(3-4-12)11(16)14-8-1-2-9(14)6-10(15)5-8/h8-10,15H,1-6H2. The van der Waals surface area contributed by atoms with E-state index in [-0.39, 0.29) is 24.1 Å². The van der Waals surface area contributed by atoms with Crippen LogP contribution in [0.15, 0.2) is 0 Å². The maximum Gasteiger partial charge on any atom is 0.243 e. The van der Waals surface area contributed by atoms with Gasteiger partial charge in [-0.3, -0.25) is 4.79 Å². The Morgan fingerprint density at radius 2 is 1.88 bits per heavy atom. The Bertz CT molecular complexity index is 356. The summed E-state index contributed by atoms with van der Waals surface area (Å²) in [5, 5.41) is 18.7. The van der Waals surface area contributed by atoms with E-state index in [1.54, 1.807) is 0 Å². The van der Waals surface area contributed by atoms with Crippen LogP contribution < -0.4 is 0 Å². The van der Waals surface area contributed by atoms with Crippen LogP contribution in [0.25, 0.3) is 0 Å². The largest absolute Gasteiger partial charge is 0.393 e. The minimum Gasteiger partial charge on any atom is -0.393 e. The summed E-state index contributed by atoms with van der Waals surface area (Å²) >= 11 is 0. The van der Waals surface area contributed by atoms with Gasteiger partial charge in [-0.2, -0.15) is 5.26 Å². The van der Waals surface area contributed by atoms with Crippen molar-refractivity contribution in [3.63, 3.8) is 0 Å². The van der Waals surface area contributed by atoms with Crippen molar-refractivity contribution < 1.29 is 9.90 Å². The monoisotopic (exact) mass is 220 g/mol. The van der Waals surface area contributed by atoms with Crippen LogP contribution in [0.4, 0.5) is 0 Å². The third-order valence-corrected chi connectivity index (χ3v) is 4.32. The molecule has 4 heteroatoms. The number of hydrogen-bond donors (Lipinski definition) is 1. The van der Waals surface area contributed by atoms with E-state index >= 15 is 0 Å². The van der Waals surface area contributed by atoms with E-state index in [1.807, 2.05) is 4.90 Å². The van der Waals surface area contributed by atoms with Crippen LogP contribution in [0.5, 0.6) is 0 Å². The lowest BCUT2D eigenvalue weighted by atomic mass is 9.96. The van der Waals surface area contributed by atoms with E-state index in [1.165, 1.54) is 0 Å². The average Bonchev–Trinajstić information content (AvgIpc) is 3.00. The zero-order valence-corrected chi connectivity index (χ0v) is 9.22. The number of amides is 1. The molecule has 16 heavy (non-hydrogen) atoms. The van der Waals surface area contributed by atoms with Gasteiger partial charge in [-0.05, 0) is 38.5 Å². The molecule has 2 aliphatic heterocycles. The minimum atomic E-state index is -0.691. The molecule has 1 N–H and O–H groups in total. The highest BCUT2D eigenvalue weighted by atomic mass is 16.3. The van der Waals surface area contributed by atoms with Crippen LogP contribution in [0.3, 0.4) is 0 Å². The SMILES string of the molecule is N#CC1(C(=O)N2C3CCC2CC(O)C3)CC1. The molecule has 4 nitrogen and oxygen atoms in total. The van der Waals surface area contributed by atoms with Crippen molar-refractivity contribution in [1.29, 1.82) is 5.26 Å². The van der Waals surface area contributed by atoms with E-state index in [0.29, 0.717) is 12.8 Å². The van der Waals surface area contributed by atoms with Crippen molar-refractivity contribution in [1.82, 2.24) is 4.90 Å². The Morgan fingerprint density at radius 3 is 2.31 bits per heavy atom. The van der Waals surface area contributed by atoms with Gasteiger partial charge >= 0.3 is 0 Å². The molecule has 3 fully saturated rings. The van der Waals surface area contributed by atoms with Crippen molar-refractivity contribution in [2.45, 2.75) is 56.7 Å². The Labute approximate surface area is 94.8 Å². The molecule has 0 aromatic carbocycles. The smallest absolute Gasteiger partial charge is 0.243 e. The van der Waals surface area contributed by atoms with Gasteiger partial charge in [-0.15, -0.1) is 0 Å². The summed E-state index contributed by atoms with van der Waals surface area (Å²) in [4.78, 5) is 14.2. The van der Waals surface area contributed by atoms with Gasteiger partial charge < -0.3 is 10.0 Å². The molecule has 1 aliphatic carbocycles. The summed E-state index contributed by atoms with van der Waals surface area (Å²) in [6.45, 7) is 0. The van der Waals surface area contributed by atoms with Crippen LogP contribution in [0.2, 0.25) is 0 Å². The number of aliphatic hydroxyl groups excluding tert-OH is 1. The van der Waals surface area contributed by atoms with Gasteiger partial charge in [0.1, 0.15) is 5.41 Å². The second-order valence-electron chi connectivity index (χ2n) is 5.42. The number of aliphatic hydroxyl groups is 1. The van der Waals surface area contributed by atoms with Gasteiger partial charge in [0.15, 0.2) is 0 Å². The van der Waals surface area contributed by atoms with Crippen LogP contribution >= 0.6 is 0 Å². The molecule has 3 aliphatic rings. The second kappa shape index (κ2) is 3.21. The Morgan fingerprint density at radius 1 is 1.31 bits per heavy atom. The van der Waals surface area contributed by atoms with Gasteiger partial charge in [0, 0.05) is 12.1 Å². The molecule has 0 aromatic heterocycles. The van der Waals surface area contributed by atoms with Gasteiger partial charge in [-0.25, -0.2) is 0 Å². The van der Waals surface area contributed by atoms with Crippen molar-refractivity contribution in [2.75, 3.05) is 0 Å². The molecule has 2 unspecified atom stereocenters. The second-order valence-corrected chi connectivity index (χ2v) is 5.42. The molecule has 0 spiro atoms. The maximum absolute atomic E-state index is 12.3. The third-order valence-electron chi connectivity index (χ3n) is 4.32. The molecule has 2 saturated heterocycles. The summed E-state index contributed by atoms with van der Waals surface area (Å²) in [6, 6.07) is 2.55. The molecule has 2 bridgehead atoms. The van der Waals surface area contributed by atoms with E-state index in [0.717, 1.165) is 25.7 Å². The fraction of sp³-hybridized carbons (Fsp3) is 0.833. The van der Waals surface area contributed by atoms with E-state index in [4.69, 9.17) is 5.26 Å².